The molecule has 16 heavy (non-hydrogen) atoms. The molecule has 1 aliphatic rings. The van der Waals surface area contributed by atoms with Gasteiger partial charge in [0.15, 0.2) is 11.5 Å². The van der Waals surface area contributed by atoms with Gasteiger partial charge in [-0.2, -0.15) is 0 Å². The fraction of sp³-hybridized carbons (Fsp3) is 0.455. The molecule has 0 saturated carbocycles. The summed E-state index contributed by atoms with van der Waals surface area (Å²) in [5.41, 5.74) is 6.13. The quantitative estimate of drug-likeness (QED) is 0.684. The molecule has 5 heteroatoms. The zero-order chi connectivity index (χ0) is 11.5. The average Bonchev–Trinajstić information content (AvgIpc) is 2.54. The number of nitrogens with two attached hydrogens (primary N) is 1. The van der Waals surface area contributed by atoms with Crippen molar-refractivity contribution in [3.63, 3.8) is 0 Å². The van der Waals surface area contributed by atoms with Crippen LogP contribution >= 0.6 is 0 Å². The molecule has 0 saturated heterocycles. The number of phenols is 1. The van der Waals surface area contributed by atoms with Gasteiger partial charge in [0.2, 0.25) is 5.75 Å². The number of fused-ring (bicyclic) bond motifs is 1. The monoisotopic (exact) mass is 225 g/mol. The van der Waals surface area contributed by atoms with Gasteiger partial charge in [0, 0.05) is 12.0 Å². The number of benzene rings is 1. The van der Waals surface area contributed by atoms with E-state index in [1.165, 1.54) is 0 Å². The summed E-state index contributed by atoms with van der Waals surface area (Å²) in [5, 5.41) is 18.9. The summed E-state index contributed by atoms with van der Waals surface area (Å²) in [6.07, 6.45) is 0.773. The Morgan fingerprint density at radius 1 is 1.31 bits per heavy atom. The predicted molar refractivity (Wildman–Crippen MR) is 57.7 cm³/mol. The molecule has 0 aromatic heterocycles. The Balaban J connectivity index is 2.41. The van der Waals surface area contributed by atoms with Crippen molar-refractivity contribution >= 4 is 0 Å². The van der Waals surface area contributed by atoms with Crippen molar-refractivity contribution in [1.29, 1.82) is 0 Å². The first-order valence-electron chi connectivity index (χ1n) is 5.22. The third-order valence-corrected chi connectivity index (χ3v) is 2.52. The Kier molecular flexibility index (Phi) is 3.17. The van der Waals surface area contributed by atoms with E-state index in [1.807, 2.05) is 0 Å². The predicted octanol–water partition coefficient (Wildman–Crippen LogP) is 0.546. The van der Waals surface area contributed by atoms with Crippen LogP contribution in [0.15, 0.2) is 12.1 Å². The molecule has 1 aromatic rings. The van der Waals surface area contributed by atoms with Gasteiger partial charge in [0.25, 0.3) is 0 Å². The van der Waals surface area contributed by atoms with E-state index in [0.29, 0.717) is 30.3 Å². The second-order valence-electron chi connectivity index (χ2n) is 3.67. The van der Waals surface area contributed by atoms with Crippen LogP contribution in [0.1, 0.15) is 18.0 Å². The lowest BCUT2D eigenvalue weighted by Crippen LogP contribution is -2.14. The highest BCUT2D eigenvalue weighted by Crippen LogP contribution is 2.42. The minimum absolute atomic E-state index is 0.0408. The Morgan fingerprint density at radius 2 is 2.06 bits per heavy atom. The lowest BCUT2D eigenvalue weighted by molar-refractivity contribution is 0.262. The van der Waals surface area contributed by atoms with E-state index in [1.54, 1.807) is 12.1 Å². The summed E-state index contributed by atoms with van der Waals surface area (Å²) in [5.74, 6) is 0.795. The molecular formula is C11H15NO4. The molecule has 4 N–H and O–H groups in total. The van der Waals surface area contributed by atoms with Crippen molar-refractivity contribution in [2.75, 3.05) is 19.8 Å². The van der Waals surface area contributed by atoms with Crippen molar-refractivity contribution in [1.82, 2.24) is 0 Å². The van der Waals surface area contributed by atoms with Crippen LogP contribution in [0.4, 0.5) is 0 Å². The number of phenolic OH excluding ortho intramolecular Hbond substituents is 1. The lowest BCUT2D eigenvalue weighted by Gasteiger charge is -2.15. The third-order valence-electron chi connectivity index (χ3n) is 2.52. The molecule has 2 rings (SSSR count). The van der Waals surface area contributed by atoms with E-state index in [0.717, 1.165) is 6.42 Å². The van der Waals surface area contributed by atoms with Crippen LogP contribution in [0.2, 0.25) is 0 Å². The minimum Gasteiger partial charge on any atom is -0.504 e. The van der Waals surface area contributed by atoms with Crippen LogP contribution < -0.4 is 15.2 Å². The van der Waals surface area contributed by atoms with Gasteiger partial charge in [-0.1, -0.05) is 0 Å². The maximum Gasteiger partial charge on any atom is 0.203 e. The first kappa shape index (κ1) is 11.0. The molecule has 0 amide bonds. The van der Waals surface area contributed by atoms with Crippen molar-refractivity contribution in [3.8, 4) is 17.2 Å². The summed E-state index contributed by atoms with van der Waals surface area (Å²) in [4.78, 5) is 0. The lowest BCUT2D eigenvalue weighted by atomic mass is 10.1. The number of ether oxygens (including phenoxy) is 2. The SMILES string of the molecule is NC(CO)c1ccc2c(c1O)OCCCO2. The highest BCUT2D eigenvalue weighted by atomic mass is 16.5. The fourth-order valence-electron chi connectivity index (χ4n) is 1.63. The molecule has 5 nitrogen and oxygen atoms in total. The molecule has 0 spiro atoms. The Labute approximate surface area is 93.4 Å². The van der Waals surface area contributed by atoms with E-state index in [9.17, 15) is 5.11 Å². The molecule has 1 aliphatic heterocycles. The van der Waals surface area contributed by atoms with Crippen molar-refractivity contribution in [2.45, 2.75) is 12.5 Å². The van der Waals surface area contributed by atoms with Gasteiger partial charge in [-0.25, -0.2) is 0 Å². The Bertz CT molecular complexity index is 380. The summed E-state index contributed by atoms with van der Waals surface area (Å²) in [6, 6.07) is 2.73. The Hall–Kier alpha value is -1.46. The summed E-state index contributed by atoms with van der Waals surface area (Å²) in [7, 11) is 0. The van der Waals surface area contributed by atoms with Crippen LogP contribution in [0.3, 0.4) is 0 Å². The van der Waals surface area contributed by atoms with Gasteiger partial charge in [0.05, 0.1) is 25.9 Å². The summed E-state index contributed by atoms with van der Waals surface area (Å²) < 4.78 is 10.8. The maximum atomic E-state index is 9.97. The summed E-state index contributed by atoms with van der Waals surface area (Å²) in [6.45, 7) is 0.837. The van der Waals surface area contributed by atoms with Crippen LogP contribution in [0, 0.1) is 0 Å². The second-order valence-corrected chi connectivity index (χ2v) is 3.67. The van der Waals surface area contributed by atoms with Gasteiger partial charge in [-0.05, 0) is 12.1 Å². The number of hydrogen-bond donors (Lipinski definition) is 3. The molecule has 0 bridgehead atoms. The molecule has 1 unspecified atom stereocenters. The largest absolute Gasteiger partial charge is 0.504 e. The molecule has 1 heterocycles. The normalized spacial score (nSPS) is 16.6. The molecular weight excluding hydrogens is 210 g/mol. The first-order chi connectivity index (χ1) is 7.74. The molecule has 0 fully saturated rings. The molecule has 88 valence electrons. The van der Waals surface area contributed by atoms with E-state index in [4.69, 9.17) is 20.3 Å². The van der Waals surface area contributed by atoms with E-state index in [2.05, 4.69) is 0 Å². The van der Waals surface area contributed by atoms with Gasteiger partial charge in [-0.3, -0.25) is 0 Å². The van der Waals surface area contributed by atoms with E-state index < -0.39 is 6.04 Å². The number of aromatic hydroxyl groups is 1. The van der Waals surface area contributed by atoms with E-state index >= 15 is 0 Å². The average molecular weight is 225 g/mol. The fourth-order valence-corrected chi connectivity index (χ4v) is 1.63. The first-order valence-corrected chi connectivity index (χ1v) is 5.22. The van der Waals surface area contributed by atoms with Gasteiger partial charge in [0.1, 0.15) is 0 Å². The van der Waals surface area contributed by atoms with Crippen molar-refractivity contribution in [2.24, 2.45) is 5.73 Å². The zero-order valence-electron chi connectivity index (χ0n) is 8.85. The van der Waals surface area contributed by atoms with Crippen LogP contribution in [0.25, 0.3) is 0 Å². The standard InChI is InChI=1S/C11H15NO4/c12-8(6-13)7-2-3-9-11(10(7)14)16-5-1-4-15-9/h2-3,8,13-14H,1,4-6,12H2. The summed E-state index contributed by atoms with van der Waals surface area (Å²) >= 11 is 0. The minimum atomic E-state index is -0.614. The van der Waals surface area contributed by atoms with Crippen LogP contribution in [0.5, 0.6) is 17.2 Å². The van der Waals surface area contributed by atoms with Gasteiger partial charge in [-0.15, -0.1) is 0 Å². The molecule has 1 atom stereocenters. The number of hydrogen-bond acceptors (Lipinski definition) is 5. The smallest absolute Gasteiger partial charge is 0.203 e. The highest BCUT2D eigenvalue weighted by Gasteiger charge is 2.20. The second kappa shape index (κ2) is 4.59. The van der Waals surface area contributed by atoms with Crippen LogP contribution in [-0.4, -0.2) is 30.0 Å². The maximum absolute atomic E-state index is 9.97. The third kappa shape index (κ3) is 1.91. The number of aliphatic hydroxyl groups is 1. The van der Waals surface area contributed by atoms with Crippen molar-refractivity contribution in [3.05, 3.63) is 17.7 Å². The molecule has 0 aliphatic carbocycles. The number of rotatable bonds is 2. The van der Waals surface area contributed by atoms with Gasteiger partial charge >= 0.3 is 0 Å². The zero-order valence-corrected chi connectivity index (χ0v) is 8.85. The highest BCUT2D eigenvalue weighted by molar-refractivity contribution is 5.56. The van der Waals surface area contributed by atoms with Gasteiger partial charge < -0.3 is 25.4 Å². The topological polar surface area (TPSA) is 84.9 Å². The van der Waals surface area contributed by atoms with Crippen LogP contribution in [-0.2, 0) is 0 Å². The molecule has 0 radical (unpaired) electrons. The van der Waals surface area contributed by atoms with Crippen molar-refractivity contribution < 1.29 is 19.7 Å². The Morgan fingerprint density at radius 3 is 2.81 bits per heavy atom. The number of aliphatic hydroxyl groups excluding tert-OH is 1. The molecule has 1 aromatic carbocycles. The van der Waals surface area contributed by atoms with E-state index in [-0.39, 0.29) is 12.4 Å².